The van der Waals surface area contributed by atoms with Crippen molar-refractivity contribution < 1.29 is 49.1 Å². The van der Waals surface area contributed by atoms with Gasteiger partial charge in [0, 0.05) is 64.0 Å². The molecule has 4 aromatic rings. The van der Waals surface area contributed by atoms with Crippen molar-refractivity contribution in [1.29, 1.82) is 0 Å². The molecule has 2 aliphatic heterocycles. The number of esters is 2. The van der Waals surface area contributed by atoms with Crippen LogP contribution in [0, 0.1) is 13.8 Å². The zero-order chi connectivity index (χ0) is 40.4. The van der Waals surface area contributed by atoms with Crippen molar-refractivity contribution in [2.24, 2.45) is 0 Å². The van der Waals surface area contributed by atoms with Gasteiger partial charge in [-0.25, -0.2) is 0 Å². The Morgan fingerprint density at radius 1 is 0.842 bits per heavy atom. The van der Waals surface area contributed by atoms with Crippen molar-refractivity contribution in [2.45, 2.75) is 123 Å². The molecule has 0 radical (unpaired) electrons. The average molecular weight is 861 g/mol. The van der Waals surface area contributed by atoms with E-state index in [1.54, 1.807) is 6.92 Å². The second kappa shape index (κ2) is 15.9. The van der Waals surface area contributed by atoms with E-state index in [4.69, 9.17) is 29.4 Å². The zero-order valence-electron chi connectivity index (χ0n) is 34.3. The first-order valence-electron chi connectivity index (χ1n) is 19.6. The number of methoxy groups -OCH3 is 1. The maximum Gasteiger partial charge on any atom is 2.00 e. The Morgan fingerprint density at radius 2 is 1.46 bits per heavy atom. The Balaban J connectivity index is 0.00000549. The second-order valence-electron chi connectivity index (χ2n) is 16.7. The SMILES string of the molecule is CCC1c2cc3[n-]c4c(c3C)C(=O)C(C(=O)OCc3ccc(C(C)(C)C)cc3)c4c3nc(cc4[n-]c(cc(n2)C1C)c(C(C)=O)c4C)C(C)C3CCC(=O)OC.[Pd+2]. The number of ether oxygens (including phenoxy) is 2. The zero-order valence-corrected chi connectivity index (χ0v) is 35.9. The van der Waals surface area contributed by atoms with Gasteiger partial charge in [0.15, 0.2) is 11.6 Å². The maximum absolute atomic E-state index is 14.7. The maximum atomic E-state index is 14.7. The molecule has 11 heteroatoms. The van der Waals surface area contributed by atoms with Gasteiger partial charge in [0.05, 0.1) is 7.11 Å². The molecule has 1 aliphatic carbocycles. The summed E-state index contributed by atoms with van der Waals surface area (Å²) >= 11 is 0. The van der Waals surface area contributed by atoms with Crippen molar-refractivity contribution in [2.75, 3.05) is 7.11 Å². The van der Waals surface area contributed by atoms with Crippen LogP contribution in [-0.4, -0.2) is 40.6 Å². The van der Waals surface area contributed by atoms with Gasteiger partial charge in [-0.3, -0.25) is 29.1 Å². The first kappa shape index (κ1) is 41.9. The molecule has 7 rings (SSSR count). The number of Topliss-reactive ketones (excluding diaryl/α,β-unsaturated/α-hetero) is 2. The largest absolute Gasteiger partial charge is 2.00 e. The number of nitrogens with zero attached hydrogens (tertiary/aromatic N) is 4. The van der Waals surface area contributed by atoms with Gasteiger partial charge in [0.25, 0.3) is 0 Å². The summed E-state index contributed by atoms with van der Waals surface area (Å²) < 4.78 is 11.0. The quantitative estimate of drug-likeness (QED) is 0.0731. The Bertz CT molecular complexity index is 2460. The number of aromatic nitrogens is 4. The first-order valence-corrected chi connectivity index (χ1v) is 19.6. The minimum absolute atomic E-state index is 0. The monoisotopic (exact) mass is 860 g/mol. The molecule has 3 aromatic heterocycles. The summed E-state index contributed by atoms with van der Waals surface area (Å²) in [5, 5.41) is 0. The fraction of sp³-hybridized carbons (Fsp3) is 0.435. The van der Waals surface area contributed by atoms with E-state index >= 15 is 0 Å². The molecule has 10 nitrogen and oxygen atoms in total. The van der Waals surface area contributed by atoms with E-state index in [1.165, 1.54) is 7.11 Å². The van der Waals surface area contributed by atoms with E-state index in [-0.39, 0.29) is 80.1 Å². The van der Waals surface area contributed by atoms with Crippen LogP contribution < -0.4 is 9.97 Å². The van der Waals surface area contributed by atoms with Crippen molar-refractivity contribution in [1.82, 2.24) is 19.9 Å². The molecule has 57 heavy (non-hydrogen) atoms. The van der Waals surface area contributed by atoms with Crippen LogP contribution in [0.2, 0.25) is 0 Å². The molecule has 0 saturated heterocycles. The number of carbonyl (C=O) groups excluding carboxylic acids is 4. The van der Waals surface area contributed by atoms with Gasteiger partial charge in [-0.2, -0.15) is 0 Å². The number of benzene rings is 1. The number of hydrogen-bond donors (Lipinski definition) is 0. The Labute approximate surface area is 347 Å². The Morgan fingerprint density at radius 3 is 2.09 bits per heavy atom. The minimum atomic E-state index is -1.30. The van der Waals surface area contributed by atoms with Crippen molar-refractivity contribution in [3.05, 3.63) is 104 Å². The molecular weight excluding hydrogens is 811 g/mol. The molecule has 0 amide bonds. The summed E-state index contributed by atoms with van der Waals surface area (Å²) in [6.07, 6.45) is 1.28. The second-order valence-corrected chi connectivity index (χ2v) is 16.7. The summed E-state index contributed by atoms with van der Waals surface area (Å²) in [5.41, 5.74) is 9.66. The van der Waals surface area contributed by atoms with Crippen molar-refractivity contribution >= 4 is 45.6 Å². The summed E-state index contributed by atoms with van der Waals surface area (Å²) in [5.74, 6) is -3.33. The standard InChI is InChI=1S/C46H51N4O6.Pd/c1-11-29-22(2)31-20-36-38(26(6)51)24(4)33(48-36)18-32-23(3)30(16-17-37(52)55-10)42(49-32)40-41(44(53)39-25(5)34(50-43(39)40)19-35(29)47-31)45(54)56-21-27-12-14-28(15-13-27)46(7,8)9;/h12-15,18-20,22-23,29-30,41H,11,16-17,21H2,1-10H3,(H-,47,48,49,50,51,53);/q-1;+2/p-1. The third-order valence-corrected chi connectivity index (χ3v) is 12.2. The number of hydrogen-bond acceptors (Lipinski definition) is 8. The molecule has 300 valence electrons. The van der Waals surface area contributed by atoms with Crippen LogP contribution in [0.1, 0.15) is 169 Å². The predicted octanol–water partition coefficient (Wildman–Crippen LogP) is 8.85. The van der Waals surface area contributed by atoms with E-state index in [9.17, 15) is 19.2 Å². The average Bonchev–Trinajstić information content (AvgIpc) is 3.90. The predicted molar refractivity (Wildman–Crippen MR) is 214 cm³/mol. The number of carbonyl (C=O) groups is 4. The van der Waals surface area contributed by atoms with Crippen LogP contribution in [0.4, 0.5) is 0 Å². The van der Waals surface area contributed by atoms with Gasteiger partial charge in [-0.1, -0.05) is 95.1 Å². The molecule has 1 aromatic carbocycles. The van der Waals surface area contributed by atoms with Crippen LogP contribution in [0.5, 0.6) is 0 Å². The molecule has 5 atom stereocenters. The summed E-state index contributed by atoms with van der Waals surface area (Å²) in [4.78, 5) is 75.0. The molecule has 5 unspecified atom stereocenters. The van der Waals surface area contributed by atoms with Crippen LogP contribution in [0.3, 0.4) is 0 Å². The van der Waals surface area contributed by atoms with Gasteiger partial charge in [-0.15, -0.1) is 22.1 Å². The topological polar surface area (TPSA) is 141 Å². The smallest absolute Gasteiger partial charge is 0.657 e. The Kier molecular flexibility index (Phi) is 11.7. The van der Waals surface area contributed by atoms with E-state index in [0.29, 0.717) is 62.1 Å². The molecule has 3 aliphatic rings. The van der Waals surface area contributed by atoms with E-state index in [1.807, 2.05) is 63.2 Å². The van der Waals surface area contributed by atoms with Crippen LogP contribution >= 0.6 is 0 Å². The number of aryl methyl sites for hydroxylation is 2. The van der Waals surface area contributed by atoms with Crippen LogP contribution in [-0.2, 0) is 51.5 Å². The third kappa shape index (κ3) is 7.45. The van der Waals surface area contributed by atoms with Gasteiger partial charge in [0.2, 0.25) is 0 Å². The van der Waals surface area contributed by atoms with Crippen LogP contribution in [0.15, 0.2) is 42.5 Å². The van der Waals surface area contributed by atoms with E-state index < -0.39 is 11.9 Å². The summed E-state index contributed by atoms with van der Waals surface area (Å²) in [7, 11) is 1.35. The van der Waals surface area contributed by atoms with Gasteiger partial charge in [0.1, 0.15) is 12.5 Å². The molecule has 8 bridgehead atoms. The molecule has 5 heterocycles. The first-order chi connectivity index (χ1) is 26.5. The third-order valence-electron chi connectivity index (χ3n) is 12.2. The van der Waals surface area contributed by atoms with Crippen molar-refractivity contribution in [3.63, 3.8) is 0 Å². The van der Waals surface area contributed by atoms with Gasteiger partial charge in [-0.05, 0) is 55.7 Å². The number of fused-ring (bicyclic) bond motifs is 8. The molecular formula is C46H50N4O6Pd. The van der Waals surface area contributed by atoms with Gasteiger partial charge >= 0.3 is 32.4 Å². The Hall–Kier alpha value is -4.72. The van der Waals surface area contributed by atoms with Gasteiger partial charge < -0.3 is 19.4 Å². The fourth-order valence-electron chi connectivity index (χ4n) is 8.76. The number of rotatable bonds is 8. The summed E-state index contributed by atoms with van der Waals surface area (Å²) in [6, 6.07) is 13.7. The fourth-order valence-corrected chi connectivity index (χ4v) is 8.76. The normalized spacial score (nSPS) is 20.0. The molecule has 0 spiro atoms. The number of ketones is 2. The minimum Gasteiger partial charge on any atom is -0.657 e. The van der Waals surface area contributed by atoms with E-state index in [0.717, 1.165) is 34.5 Å². The summed E-state index contributed by atoms with van der Waals surface area (Å²) in [6.45, 7) is 18.0. The van der Waals surface area contributed by atoms with Crippen LogP contribution in [0.25, 0.3) is 22.1 Å². The molecule has 0 N–H and O–H groups in total. The van der Waals surface area contributed by atoms with Crippen molar-refractivity contribution in [3.8, 4) is 0 Å². The molecule has 0 saturated carbocycles. The molecule has 0 fully saturated rings. The van der Waals surface area contributed by atoms with E-state index in [2.05, 4.69) is 34.6 Å².